The van der Waals surface area contributed by atoms with Crippen molar-refractivity contribution in [2.24, 2.45) is 0 Å². The van der Waals surface area contributed by atoms with Gasteiger partial charge in [0.2, 0.25) is 0 Å². The number of nitrogens with one attached hydrogen (secondary N) is 1. The van der Waals surface area contributed by atoms with Crippen LogP contribution in [0.2, 0.25) is 0 Å². The minimum Gasteiger partial charge on any atom is -0.378 e. The molecule has 0 unspecified atom stereocenters. The van der Waals surface area contributed by atoms with Crippen LogP contribution in [0.25, 0.3) is 10.9 Å². The summed E-state index contributed by atoms with van der Waals surface area (Å²) in [5.74, 6) is -0.117. The Morgan fingerprint density at radius 3 is 2.83 bits per heavy atom. The number of para-hydroxylation sites is 1. The van der Waals surface area contributed by atoms with Crippen LogP contribution < -0.4 is 5.32 Å². The standard InChI is InChI=1S/C19H24N2O2/c22-19(18-12-11-15-7-4-5-10-17(15)21-18)20-13-6-14-23-16-8-2-1-3-9-16/h4-5,7,10-12,16H,1-3,6,8-9,13-14H2,(H,20,22). The first-order valence-corrected chi connectivity index (χ1v) is 8.58. The number of rotatable bonds is 6. The van der Waals surface area contributed by atoms with Crippen LogP contribution in [-0.4, -0.2) is 30.1 Å². The molecule has 1 heterocycles. The lowest BCUT2D eigenvalue weighted by Gasteiger charge is -2.21. The van der Waals surface area contributed by atoms with Crippen LogP contribution in [0.15, 0.2) is 36.4 Å². The number of amides is 1. The summed E-state index contributed by atoms with van der Waals surface area (Å²) in [4.78, 5) is 16.5. The highest BCUT2D eigenvalue weighted by molar-refractivity contribution is 5.94. The van der Waals surface area contributed by atoms with Crippen LogP contribution in [0.5, 0.6) is 0 Å². The molecule has 1 aliphatic rings. The molecular weight excluding hydrogens is 288 g/mol. The van der Waals surface area contributed by atoms with Crippen LogP contribution in [0, 0.1) is 0 Å². The van der Waals surface area contributed by atoms with Gasteiger partial charge in [0.15, 0.2) is 0 Å². The van der Waals surface area contributed by atoms with Crippen molar-refractivity contribution in [3.63, 3.8) is 0 Å². The van der Waals surface area contributed by atoms with Crippen LogP contribution in [0.4, 0.5) is 0 Å². The Labute approximate surface area is 137 Å². The maximum atomic E-state index is 12.1. The molecule has 4 heteroatoms. The van der Waals surface area contributed by atoms with Gasteiger partial charge in [-0.25, -0.2) is 4.98 Å². The Kier molecular flexibility index (Phi) is 5.59. The van der Waals surface area contributed by atoms with Crippen molar-refractivity contribution in [2.45, 2.75) is 44.6 Å². The average molecular weight is 312 g/mol. The van der Waals surface area contributed by atoms with Crippen molar-refractivity contribution in [3.05, 3.63) is 42.1 Å². The van der Waals surface area contributed by atoms with Crippen molar-refractivity contribution >= 4 is 16.8 Å². The lowest BCUT2D eigenvalue weighted by Crippen LogP contribution is -2.27. The van der Waals surface area contributed by atoms with E-state index in [1.165, 1.54) is 32.1 Å². The van der Waals surface area contributed by atoms with Gasteiger partial charge < -0.3 is 10.1 Å². The van der Waals surface area contributed by atoms with Gasteiger partial charge in [0.25, 0.3) is 5.91 Å². The highest BCUT2D eigenvalue weighted by Crippen LogP contribution is 2.20. The van der Waals surface area contributed by atoms with Crippen molar-refractivity contribution in [2.75, 3.05) is 13.2 Å². The zero-order chi connectivity index (χ0) is 15.9. The van der Waals surface area contributed by atoms with E-state index in [1.54, 1.807) is 6.07 Å². The molecule has 0 bridgehead atoms. The van der Waals surface area contributed by atoms with E-state index in [9.17, 15) is 4.79 Å². The third-order valence-electron chi connectivity index (χ3n) is 4.34. The maximum absolute atomic E-state index is 12.1. The van der Waals surface area contributed by atoms with Crippen LogP contribution in [-0.2, 0) is 4.74 Å². The summed E-state index contributed by atoms with van der Waals surface area (Å²) in [6.07, 6.45) is 7.57. The lowest BCUT2D eigenvalue weighted by atomic mass is 9.98. The Balaban J connectivity index is 1.41. The number of ether oxygens (including phenoxy) is 1. The molecule has 122 valence electrons. The largest absolute Gasteiger partial charge is 0.378 e. The summed E-state index contributed by atoms with van der Waals surface area (Å²) >= 11 is 0. The van der Waals surface area contributed by atoms with Gasteiger partial charge in [-0.1, -0.05) is 43.5 Å². The fraction of sp³-hybridized carbons (Fsp3) is 0.474. The fourth-order valence-electron chi connectivity index (χ4n) is 3.04. The number of aromatic nitrogens is 1. The van der Waals surface area contributed by atoms with Crippen molar-refractivity contribution in [3.8, 4) is 0 Å². The summed E-state index contributed by atoms with van der Waals surface area (Å²) in [7, 11) is 0. The van der Waals surface area contributed by atoms with Crippen LogP contribution >= 0.6 is 0 Å². The molecule has 0 aliphatic heterocycles. The average Bonchev–Trinajstić information content (AvgIpc) is 2.61. The van der Waals surface area contributed by atoms with E-state index < -0.39 is 0 Å². The molecule has 0 saturated heterocycles. The molecule has 3 rings (SSSR count). The second-order valence-corrected chi connectivity index (χ2v) is 6.13. The summed E-state index contributed by atoms with van der Waals surface area (Å²) < 4.78 is 5.86. The van der Waals surface area contributed by atoms with Gasteiger partial charge in [0, 0.05) is 18.5 Å². The molecule has 1 aromatic carbocycles. The smallest absolute Gasteiger partial charge is 0.269 e. The fourth-order valence-corrected chi connectivity index (χ4v) is 3.04. The molecule has 0 radical (unpaired) electrons. The number of nitrogens with zero attached hydrogens (tertiary/aromatic N) is 1. The van der Waals surface area contributed by atoms with Gasteiger partial charge in [0.05, 0.1) is 11.6 Å². The first-order valence-electron chi connectivity index (χ1n) is 8.58. The van der Waals surface area contributed by atoms with E-state index in [2.05, 4.69) is 10.3 Å². The van der Waals surface area contributed by atoms with Crippen molar-refractivity contribution < 1.29 is 9.53 Å². The van der Waals surface area contributed by atoms with Crippen molar-refractivity contribution in [1.29, 1.82) is 0 Å². The number of benzene rings is 1. The number of carbonyl (C=O) groups is 1. The van der Waals surface area contributed by atoms with E-state index in [1.807, 2.05) is 30.3 Å². The number of fused-ring (bicyclic) bond motifs is 1. The molecule has 1 N–H and O–H groups in total. The first kappa shape index (κ1) is 15.9. The number of hydrogen-bond donors (Lipinski definition) is 1. The summed E-state index contributed by atoms with van der Waals surface area (Å²) in [5.41, 5.74) is 1.32. The van der Waals surface area contributed by atoms with Gasteiger partial charge in [-0.3, -0.25) is 4.79 Å². The third kappa shape index (κ3) is 4.52. The normalized spacial score (nSPS) is 15.7. The molecule has 1 aromatic heterocycles. The second-order valence-electron chi connectivity index (χ2n) is 6.13. The molecule has 2 aromatic rings. The van der Waals surface area contributed by atoms with Crippen LogP contribution in [0.3, 0.4) is 0 Å². The Hall–Kier alpha value is -1.94. The minimum atomic E-state index is -0.117. The number of pyridine rings is 1. The zero-order valence-electron chi connectivity index (χ0n) is 13.5. The maximum Gasteiger partial charge on any atom is 0.269 e. The van der Waals surface area contributed by atoms with Gasteiger partial charge in [0.1, 0.15) is 5.69 Å². The molecule has 1 fully saturated rings. The van der Waals surface area contributed by atoms with Crippen LogP contribution in [0.1, 0.15) is 49.0 Å². The molecule has 4 nitrogen and oxygen atoms in total. The SMILES string of the molecule is O=C(NCCCOC1CCCCC1)c1ccc2ccccc2n1. The van der Waals surface area contributed by atoms with E-state index in [4.69, 9.17) is 4.74 Å². The predicted octanol–water partition coefficient (Wildman–Crippen LogP) is 3.70. The molecular formula is C19H24N2O2. The summed E-state index contributed by atoms with van der Waals surface area (Å²) in [6.45, 7) is 1.34. The molecule has 1 amide bonds. The van der Waals surface area contributed by atoms with Gasteiger partial charge in [-0.15, -0.1) is 0 Å². The minimum absolute atomic E-state index is 0.117. The Bertz CT molecular complexity index is 651. The molecule has 1 aliphatic carbocycles. The highest BCUT2D eigenvalue weighted by Gasteiger charge is 2.13. The van der Waals surface area contributed by atoms with Crippen molar-refractivity contribution in [1.82, 2.24) is 10.3 Å². The summed E-state index contributed by atoms with van der Waals surface area (Å²) in [5, 5.41) is 3.97. The van der Waals surface area contributed by atoms with Gasteiger partial charge in [-0.2, -0.15) is 0 Å². The lowest BCUT2D eigenvalue weighted by molar-refractivity contribution is 0.0273. The highest BCUT2D eigenvalue weighted by atomic mass is 16.5. The van der Waals surface area contributed by atoms with E-state index in [0.717, 1.165) is 23.9 Å². The van der Waals surface area contributed by atoms with Gasteiger partial charge >= 0.3 is 0 Å². The Morgan fingerprint density at radius 2 is 1.96 bits per heavy atom. The molecule has 0 atom stereocenters. The molecule has 23 heavy (non-hydrogen) atoms. The molecule has 0 spiro atoms. The van der Waals surface area contributed by atoms with E-state index in [-0.39, 0.29) is 5.91 Å². The quantitative estimate of drug-likeness (QED) is 0.827. The summed E-state index contributed by atoms with van der Waals surface area (Å²) in [6, 6.07) is 11.5. The van der Waals surface area contributed by atoms with E-state index >= 15 is 0 Å². The monoisotopic (exact) mass is 312 g/mol. The third-order valence-corrected chi connectivity index (χ3v) is 4.34. The number of hydrogen-bond acceptors (Lipinski definition) is 3. The Morgan fingerprint density at radius 1 is 1.13 bits per heavy atom. The molecule has 1 saturated carbocycles. The topological polar surface area (TPSA) is 51.2 Å². The van der Waals surface area contributed by atoms with Gasteiger partial charge in [-0.05, 0) is 31.4 Å². The van der Waals surface area contributed by atoms with E-state index in [0.29, 0.717) is 18.3 Å². The second kappa shape index (κ2) is 8.06. The predicted molar refractivity (Wildman–Crippen MR) is 91.5 cm³/mol. The zero-order valence-corrected chi connectivity index (χ0v) is 13.5. The number of carbonyl (C=O) groups excluding carboxylic acids is 1. The first-order chi connectivity index (χ1) is 11.3.